The fourth-order valence-corrected chi connectivity index (χ4v) is 1.86. The third-order valence-electron chi connectivity index (χ3n) is 2.88. The average Bonchev–Trinajstić information content (AvgIpc) is 2.45. The molecule has 2 aromatic carbocycles. The van der Waals surface area contributed by atoms with Gasteiger partial charge in [-0.3, -0.25) is 4.79 Å². The maximum absolute atomic E-state index is 12.5. The van der Waals surface area contributed by atoms with E-state index in [0.717, 1.165) is 12.1 Å². The van der Waals surface area contributed by atoms with Gasteiger partial charge < -0.3 is 4.74 Å². The summed E-state index contributed by atoms with van der Waals surface area (Å²) in [7, 11) is 1.46. The van der Waals surface area contributed by atoms with Crippen molar-refractivity contribution in [3.8, 4) is 16.9 Å². The highest BCUT2D eigenvalue weighted by Crippen LogP contribution is 2.34. The van der Waals surface area contributed by atoms with Gasteiger partial charge >= 0.3 is 6.18 Å². The number of benzene rings is 2. The van der Waals surface area contributed by atoms with Crippen molar-refractivity contribution in [2.45, 2.75) is 6.18 Å². The van der Waals surface area contributed by atoms with Gasteiger partial charge in [0.05, 0.1) is 12.7 Å². The van der Waals surface area contributed by atoms with Crippen LogP contribution in [0.2, 0.25) is 0 Å². The number of aldehydes is 1. The van der Waals surface area contributed by atoms with E-state index in [2.05, 4.69) is 0 Å². The van der Waals surface area contributed by atoms with Crippen LogP contribution in [0.5, 0.6) is 5.75 Å². The van der Waals surface area contributed by atoms with E-state index >= 15 is 0 Å². The molecule has 2 aromatic rings. The fourth-order valence-electron chi connectivity index (χ4n) is 1.86. The van der Waals surface area contributed by atoms with Crippen LogP contribution < -0.4 is 4.74 Å². The number of carbonyl (C=O) groups is 1. The minimum atomic E-state index is -4.37. The van der Waals surface area contributed by atoms with Crippen LogP contribution in [0, 0.1) is 0 Å². The average molecular weight is 280 g/mol. The summed E-state index contributed by atoms with van der Waals surface area (Å²) >= 11 is 0. The molecule has 5 heteroatoms. The van der Waals surface area contributed by atoms with Gasteiger partial charge in [-0.1, -0.05) is 12.1 Å². The Kier molecular flexibility index (Phi) is 3.79. The van der Waals surface area contributed by atoms with Crippen LogP contribution in [0.15, 0.2) is 42.5 Å². The largest absolute Gasteiger partial charge is 0.496 e. The minimum absolute atomic E-state index is 0.431. The van der Waals surface area contributed by atoms with Crippen LogP contribution in [0.1, 0.15) is 15.9 Å². The normalized spacial score (nSPS) is 11.2. The van der Waals surface area contributed by atoms with E-state index in [9.17, 15) is 18.0 Å². The van der Waals surface area contributed by atoms with Crippen molar-refractivity contribution in [3.63, 3.8) is 0 Å². The summed E-state index contributed by atoms with van der Waals surface area (Å²) in [4.78, 5) is 10.8. The molecule has 0 N–H and O–H groups in total. The van der Waals surface area contributed by atoms with Crippen LogP contribution in [0.25, 0.3) is 11.1 Å². The predicted octanol–water partition coefficient (Wildman–Crippen LogP) is 4.19. The third-order valence-corrected chi connectivity index (χ3v) is 2.88. The van der Waals surface area contributed by atoms with Crippen molar-refractivity contribution in [3.05, 3.63) is 53.6 Å². The van der Waals surface area contributed by atoms with Gasteiger partial charge in [0.2, 0.25) is 0 Å². The summed E-state index contributed by atoms with van der Waals surface area (Å²) in [5.41, 5.74) is 0.844. The Balaban J connectivity index is 2.48. The number of hydrogen-bond acceptors (Lipinski definition) is 2. The van der Waals surface area contributed by atoms with Crippen molar-refractivity contribution < 1.29 is 22.7 Å². The topological polar surface area (TPSA) is 26.3 Å². The number of methoxy groups -OCH3 is 1. The molecule has 0 heterocycles. The minimum Gasteiger partial charge on any atom is -0.496 e. The Bertz CT molecular complexity index is 616. The maximum Gasteiger partial charge on any atom is 0.416 e. The molecule has 0 radical (unpaired) electrons. The van der Waals surface area contributed by atoms with Gasteiger partial charge in [-0.25, -0.2) is 0 Å². The highest BCUT2D eigenvalue weighted by Gasteiger charge is 2.30. The van der Waals surface area contributed by atoms with E-state index in [1.807, 2.05) is 0 Å². The molecule has 0 saturated heterocycles. The highest BCUT2D eigenvalue weighted by molar-refractivity contribution is 5.81. The smallest absolute Gasteiger partial charge is 0.416 e. The number of alkyl halides is 3. The van der Waals surface area contributed by atoms with Gasteiger partial charge in [0.15, 0.2) is 0 Å². The molecule has 0 aromatic heterocycles. The van der Waals surface area contributed by atoms with Crippen LogP contribution >= 0.6 is 0 Å². The second kappa shape index (κ2) is 5.36. The Morgan fingerprint density at radius 1 is 1.05 bits per heavy atom. The van der Waals surface area contributed by atoms with E-state index in [4.69, 9.17) is 4.74 Å². The van der Waals surface area contributed by atoms with Crippen molar-refractivity contribution in [2.75, 3.05) is 7.11 Å². The van der Waals surface area contributed by atoms with Crippen LogP contribution in [-0.4, -0.2) is 13.4 Å². The Morgan fingerprint density at radius 2 is 1.70 bits per heavy atom. The summed E-state index contributed by atoms with van der Waals surface area (Å²) in [5.74, 6) is 0.496. The van der Waals surface area contributed by atoms with Crippen LogP contribution in [-0.2, 0) is 6.18 Å². The van der Waals surface area contributed by atoms with Crippen LogP contribution in [0.3, 0.4) is 0 Å². The van der Waals surface area contributed by atoms with Crippen molar-refractivity contribution >= 4 is 6.29 Å². The number of carbonyl (C=O) groups excluding carboxylic acids is 1. The zero-order valence-electron chi connectivity index (χ0n) is 10.6. The molecule has 20 heavy (non-hydrogen) atoms. The molecule has 0 atom stereocenters. The number of hydrogen-bond donors (Lipinski definition) is 0. The fraction of sp³-hybridized carbons (Fsp3) is 0.133. The zero-order valence-corrected chi connectivity index (χ0v) is 10.6. The van der Waals surface area contributed by atoms with Crippen molar-refractivity contribution in [1.82, 2.24) is 0 Å². The first-order chi connectivity index (χ1) is 9.45. The molecule has 0 fully saturated rings. The predicted molar refractivity (Wildman–Crippen MR) is 68.8 cm³/mol. The first-order valence-electron chi connectivity index (χ1n) is 5.76. The van der Waals surface area contributed by atoms with E-state index < -0.39 is 11.7 Å². The Morgan fingerprint density at radius 3 is 2.20 bits per heavy atom. The van der Waals surface area contributed by atoms with Gasteiger partial charge in [0, 0.05) is 11.1 Å². The molecule has 0 saturated carbocycles. The summed E-state index contributed by atoms with van der Waals surface area (Å²) < 4.78 is 42.7. The Labute approximate surface area is 113 Å². The molecule has 0 amide bonds. The summed E-state index contributed by atoms with van der Waals surface area (Å²) in [5, 5.41) is 0. The lowest BCUT2D eigenvalue weighted by Crippen LogP contribution is -2.04. The van der Waals surface area contributed by atoms with E-state index in [0.29, 0.717) is 28.7 Å². The number of ether oxygens (including phenoxy) is 1. The molecule has 104 valence electrons. The first kappa shape index (κ1) is 14.1. The van der Waals surface area contributed by atoms with Crippen molar-refractivity contribution in [2.24, 2.45) is 0 Å². The lowest BCUT2D eigenvalue weighted by molar-refractivity contribution is -0.137. The molecule has 0 aliphatic rings. The third kappa shape index (κ3) is 2.82. The van der Waals surface area contributed by atoms with E-state index in [1.165, 1.54) is 19.2 Å². The molecule has 0 aliphatic carbocycles. The number of rotatable bonds is 3. The maximum atomic E-state index is 12.5. The standard InChI is InChI=1S/C15H11F3O2/c1-20-14-7-2-10(9-19)8-13(14)11-3-5-12(6-4-11)15(16,17)18/h2-9H,1H3. The molecule has 2 nitrogen and oxygen atoms in total. The number of halogens is 3. The van der Waals surface area contributed by atoms with E-state index in [-0.39, 0.29) is 0 Å². The SMILES string of the molecule is COc1ccc(C=O)cc1-c1ccc(C(F)(F)F)cc1. The summed E-state index contributed by atoms with van der Waals surface area (Å²) in [6, 6.07) is 9.49. The first-order valence-corrected chi connectivity index (χ1v) is 5.76. The quantitative estimate of drug-likeness (QED) is 0.788. The Hall–Kier alpha value is -2.30. The molecular formula is C15H11F3O2. The summed E-state index contributed by atoms with van der Waals surface area (Å²) in [6.07, 6.45) is -3.69. The van der Waals surface area contributed by atoms with Gasteiger partial charge in [-0.15, -0.1) is 0 Å². The second-order valence-corrected chi connectivity index (χ2v) is 4.15. The molecule has 2 rings (SSSR count). The second-order valence-electron chi connectivity index (χ2n) is 4.15. The van der Waals surface area contributed by atoms with Gasteiger partial charge in [-0.2, -0.15) is 13.2 Å². The van der Waals surface area contributed by atoms with Crippen molar-refractivity contribution in [1.29, 1.82) is 0 Å². The summed E-state index contributed by atoms with van der Waals surface area (Å²) in [6.45, 7) is 0. The zero-order chi connectivity index (χ0) is 14.8. The monoisotopic (exact) mass is 280 g/mol. The van der Waals surface area contributed by atoms with E-state index in [1.54, 1.807) is 18.2 Å². The molecule has 0 aliphatic heterocycles. The molecule has 0 unspecified atom stereocenters. The lowest BCUT2D eigenvalue weighted by Gasteiger charge is -2.11. The van der Waals surface area contributed by atoms with Crippen LogP contribution in [0.4, 0.5) is 13.2 Å². The van der Waals surface area contributed by atoms with Gasteiger partial charge in [0.25, 0.3) is 0 Å². The van der Waals surface area contributed by atoms with Gasteiger partial charge in [-0.05, 0) is 35.9 Å². The molecular weight excluding hydrogens is 269 g/mol. The van der Waals surface area contributed by atoms with Gasteiger partial charge in [0.1, 0.15) is 12.0 Å². The lowest BCUT2D eigenvalue weighted by atomic mass is 10.0. The molecule has 0 spiro atoms. The molecule has 0 bridgehead atoms. The highest BCUT2D eigenvalue weighted by atomic mass is 19.4.